The summed E-state index contributed by atoms with van der Waals surface area (Å²) in [5.74, 6) is -0.608. The first-order chi connectivity index (χ1) is 17.3. The number of rotatable bonds is 9. The van der Waals surface area contributed by atoms with Crippen LogP contribution < -0.4 is 0 Å². The van der Waals surface area contributed by atoms with E-state index in [-0.39, 0.29) is 48.4 Å². The molecule has 0 saturated carbocycles. The molecule has 0 radical (unpaired) electrons. The standard InChI is InChI=1S/C30H50O7/c1-9-24(35-8)22(6)28-29(37-28)26(33)18(2)11-10-12-19(3)27-20(4)13-14-21(5)30(7,34)16-15-23(31)17-25(32)36-27/h10-14,18,20-24,26-29,31,33-34H,9,15-17H2,1-8H3/b11-10+,14-13+,19-12+/t18-,20+,21-,22-,23-,24+,26+,27-,28-,29-,30-/m1/s1. The highest BCUT2D eigenvalue weighted by Crippen LogP contribution is 2.37. The molecular weight excluding hydrogens is 472 g/mol. The molecule has 2 aliphatic rings. The van der Waals surface area contributed by atoms with Crippen LogP contribution in [0.3, 0.4) is 0 Å². The van der Waals surface area contributed by atoms with Crippen molar-refractivity contribution < 1.29 is 34.3 Å². The van der Waals surface area contributed by atoms with E-state index in [0.29, 0.717) is 12.8 Å². The van der Waals surface area contributed by atoms with Crippen molar-refractivity contribution in [1.29, 1.82) is 0 Å². The molecule has 2 aliphatic heterocycles. The van der Waals surface area contributed by atoms with Crippen molar-refractivity contribution in [1.82, 2.24) is 0 Å². The highest BCUT2D eigenvalue weighted by molar-refractivity contribution is 5.70. The first-order valence-electron chi connectivity index (χ1n) is 13.8. The third-order valence-electron chi connectivity index (χ3n) is 8.28. The van der Waals surface area contributed by atoms with Gasteiger partial charge in [-0.05, 0) is 38.7 Å². The van der Waals surface area contributed by atoms with Crippen LogP contribution in [-0.4, -0.2) is 70.6 Å². The van der Waals surface area contributed by atoms with Crippen LogP contribution >= 0.6 is 0 Å². The molecule has 11 atom stereocenters. The molecule has 2 rings (SSSR count). The number of cyclic esters (lactones) is 1. The Morgan fingerprint density at radius 1 is 1.27 bits per heavy atom. The molecule has 212 valence electrons. The quantitative estimate of drug-likeness (QED) is 0.179. The average molecular weight is 523 g/mol. The minimum absolute atomic E-state index is 0.00480. The number of epoxide rings is 1. The van der Waals surface area contributed by atoms with E-state index in [1.54, 1.807) is 14.0 Å². The molecule has 3 N–H and O–H groups in total. The maximum absolute atomic E-state index is 12.6. The molecule has 0 bridgehead atoms. The van der Waals surface area contributed by atoms with E-state index in [9.17, 15) is 20.1 Å². The number of esters is 1. The predicted octanol–water partition coefficient (Wildman–Crippen LogP) is 4.35. The first-order valence-corrected chi connectivity index (χ1v) is 13.8. The molecule has 1 saturated heterocycles. The van der Waals surface area contributed by atoms with Gasteiger partial charge in [0.05, 0.1) is 36.4 Å². The summed E-state index contributed by atoms with van der Waals surface area (Å²) in [7, 11) is 1.71. The van der Waals surface area contributed by atoms with Gasteiger partial charge in [0, 0.05) is 30.8 Å². The summed E-state index contributed by atoms with van der Waals surface area (Å²) in [5.41, 5.74) is -0.113. The normalized spacial score (nSPS) is 38.1. The lowest BCUT2D eigenvalue weighted by Crippen LogP contribution is -2.34. The number of methoxy groups -OCH3 is 1. The number of carbonyl (C=O) groups is 1. The Morgan fingerprint density at radius 2 is 1.95 bits per heavy atom. The van der Waals surface area contributed by atoms with Gasteiger partial charge in [-0.15, -0.1) is 0 Å². The van der Waals surface area contributed by atoms with Gasteiger partial charge in [0.15, 0.2) is 0 Å². The van der Waals surface area contributed by atoms with Gasteiger partial charge >= 0.3 is 5.97 Å². The molecule has 37 heavy (non-hydrogen) atoms. The van der Waals surface area contributed by atoms with Crippen molar-refractivity contribution in [2.24, 2.45) is 23.7 Å². The predicted molar refractivity (Wildman–Crippen MR) is 145 cm³/mol. The molecule has 7 nitrogen and oxygen atoms in total. The fourth-order valence-corrected chi connectivity index (χ4v) is 5.12. The summed E-state index contributed by atoms with van der Waals surface area (Å²) >= 11 is 0. The largest absolute Gasteiger partial charge is 0.457 e. The molecule has 0 aromatic carbocycles. The number of carbonyl (C=O) groups excluding carboxylic acids is 1. The Balaban J connectivity index is 2.09. The maximum Gasteiger partial charge on any atom is 0.309 e. The van der Waals surface area contributed by atoms with Gasteiger partial charge in [0.1, 0.15) is 12.2 Å². The van der Waals surface area contributed by atoms with Crippen LogP contribution in [-0.2, 0) is 19.0 Å². The van der Waals surface area contributed by atoms with Gasteiger partial charge in [-0.3, -0.25) is 4.79 Å². The SMILES string of the molecule is CC[C@H](OC)[C@@H](C)[C@H]1O[C@@H]1[C@@H](O)[C@H](C)/C=C/C=C(\C)[C@H]1OC(=O)C[C@H](O)CC[C@@](C)(O)[C@H](C)/C=C/[C@@H]1C. The van der Waals surface area contributed by atoms with Gasteiger partial charge in [-0.2, -0.15) is 0 Å². The highest BCUT2D eigenvalue weighted by atomic mass is 16.6. The molecule has 7 heteroatoms. The smallest absolute Gasteiger partial charge is 0.309 e. The van der Waals surface area contributed by atoms with Gasteiger partial charge in [-0.25, -0.2) is 0 Å². The number of ether oxygens (including phenoxy) is 3. The van der Waals surface area contributed by atoms with Crippen LogP contribution in [0.1, 0.15) is 74.1 Å². The number of aliphatic hydroxyl groups excluding tert-OH is 2. The molecule has 0 aliphatic carbocycles. The van der Waals surface area contributed by atoms with Crippen molar-refractivity contribution in [3.05, 3.63) is 36.0 Å². The van der Waals surface area contributed by atoms with E-state index in [1.165, 1.54) is 0 Å². The Kier molecular flexibility index (Phi) is 12.0. The second-order valence-electron chi connectivity index (χ2n) is 11.4. The minimum Gasteiger partial charge on any atom is -0.457 e. The lowest BCUT2D eigenvalue weighted by Gasteiger charge is -2.31. The fourth-order valence-electron chi connectivity index (χ4n) is 5.12. The van der Waals surface area contributed by atoms with Gasteiger partial charge in [-0.1, -0.05) is 65.0 Å². The zero-order valence-electron chi connectivity index (χ0n) is 24.0. The monoisotopic (exact) mass is 522 g/mol. The van der Waals surface area contributed by atoms with Gasteiger partial charge in [0.2, 0.25) is 0 Å². The highest BCUT2D eigenvalue weighted by Gasteiger charge is 2.50. The van der Waals surface area contributed by atoms with E-state index < -0.39 is 29.9 Å². The average Bonchev–Trinajstić information content (AvgIpc) is 3.64. The summed E-state index contributed by atoms with van der Waals surface area (Å²) in [4.78, 5) is 12.6. The van der Waals surface area contributed by atoms with Gasteiger partial charge in [0.25, 0.3) is 0 Å². The van der Waals surface area contributed by atoms with Crippen LogP contribution in [0.15, 0.2) is 36.0 Å². The molecule has 0 unspecified atom stereocenters. The Hall–Kier alpha value is -1.51. The lowest BCUT2D eigenvalue weighted by molar-refractivity contribution is -0.151. The van der Waals surface area contributed by atoms with Crippen LogP contribution in [0.4, 0.5) is 0 Å². The van der Waals surface area contributed by atoms with Crippen LogP contribution in [0.2, 0.25) is 0 Å². The lowest BCUT2D eigenvalue weighted by atomic mass is 9.84. The molecule has 0 aromatic rings. The zero-order chi connectivity index (χ0) is 27.9. The Bertz CT molecular complexity index is 813. The minimum atomic E-state index is -0.969. The van der Waals surface area contributed by atoms with Crippen LogP contribution in [0.5, 0.6) is 0 Å². The third-order valence-corrected chi connectivity index (χ3v) is 8.28. The summed E-state index contributed by atoms with van der Waals surface area (Å²) in [6.07, 6.45) is 9.11. The van der Waals surface area contributed by atoms with E-state index in [4.69, 9.17) is 14.2 Å². The second-order valence-corrected chi connectivity index (χ2v) is 11.4. The number of hydrogen-bond donors (Lipinski definition) is 3. The van der Waals surface area contributed by atoms with Crippen molar-refractivity contribution in [3.8, 4) is 0 Å². The Morgan fingerprint density at radius 3 is 2.57 bits per heavy atom. The third kappa shape index (κ3) is 9.03. The molecular formula is C30H50O7. The van der Waals surface area contributed by atoms with Crippen molar-refractivity contribution >= 4 is 5.97 Å². The van der Waals surface area contributed by atoms with E-state index >= 15 is 0 Å². The summed E-state index contributed by atoms with van der Waals surface area (Å²) in [5, 5.41) is 31.9. The topological polar surface area (TPSA) is 109 Å². The summed E-state index contributed by atoms with van der Waals surface area (Å²) in [6, 6.07) is 0. The van der Waals surface area contributed by atoms with E-state index in [1.807, 2.05) is 58.1 Å². The summed E-state index contributed by atoms with van der Waals surface area (Å²) < 4.78 is 17.1. The molecule has 1 fully saturated rings. The van der Waals surface area contributed by atoms with E-state index in [2.05, 4.69) is 13.8 Å². The fraction of sp³-hybridized carbons (Fsp3) is 0.767. The Labute approximate surface area is 223 Å². The summed E-state index contributed by atoms with van der Waals surface area (Å²) in [6.45, 7) is 13.7. The number of allylic oxidation sites excluding steroid dienone is 2. The first kappa shape index (κ1) is 31.7. The maximum atomic E-state index is 12.6. The molecule has 0 aromatic heterocycles. The molecule has 0 amide bonds. The molecule has 0 spiro atoms. The second kappa shape index (κ2) is 14.0. The van der Waals surface area contributed by atoms with Crippen molar-refractivity contribution in [2.45, 2.75) is 116 Å². The van der Waals surface area contributed by atoms with Crippen LogP contribution in [0, 0.1) is 23.7 Å². The molecule has 2 heterocycles. The van der Waals surface area contributed by atoms with Gasteiger partial charge < -0.3 is 29.5 Å². The number of hydrogen-bond acceptors (Lipinski definition) is 7. The number of aliphatic hydroxyl groups is 3. The van der Waals surface area contributed by atoms with Crippen molar-refractivity contribution in [2.75, 3.05) is 7.11 Å². The van der Waals surface area contributed by atoms with Crippen molar-refractivity contribution in [3.63, 3.8) is 0 Å². The van der Waals surface area contributed by atoms with E-state index in [0.717, 1.165) is 12.0 Å². The van der Waals surface area contributed by atoms with Crippen LogP contribution in [0.25, 0.3) is 0 Å². The zero-order valence-corrected chi connectivity index (χ0v) is 24.0.